The zero-order valence-electron chi connectivity index (χ0n) is 14.1. The first-order valence-corrected chi connectivity index (χ1v) is 7.93. The molecule has 2 aromatic rings. The van der Waals surface area contributed by atoms with E-state index in [4.69, 9.17) is 9.47 Å². The third-order valence-electron chi connectivity index (χ3n) is 4.28. The molecule has 1 aliphatic rings. The van der Waals surface area contributed by atoms with Gasteiger partial charge in [-0.15, -0.1) is 0 Å². The Hall–Kier alpha value is -2.54. The molecule has 1 amide bonds. The van der Waals surface area contributed by atoms with E-state index in [0.29, 0.717) is 23.7 Å². The zero-order valence-corrected chi connectivity index (χ0v) is 14.1. The minimum atomic E-state index is -0.182. The van der Waals surface area contributed by atoms with Gasteiger partial charge >= 0.3 is 0 Å². The normalized spacial score (nSPS) is 14.6. The highest BCUT2D eigenvalue weighted by atomic mass is 16.5. The molecule has 7 heteroatoms. The number of ether oxygens (including phenoxy) is 2. The van der Waals surface area contributed by atoms with Crippen LogP contribution in [0.3, 0.4) is 0 Å². The number of aromatic amines is 1. The highest BCUT2D eigenvalue weighted by Gasteiger charge is 2.23. The van der Waals surface area contributed by atoms with Crippen molar-refractivity contribution in [2.24, 2.45) is 0 Å². The minimum absolute atomic E-state index is 0.179. The molecule has 0 saturated heterocycles. The molecule has 128 valence electrons. The number of fused-ring (bicyclic) bond motifs is 1. The monoisotopic (exact) mass is 330 g/mol. The van der Waals surface area contributed by atoms with Crippen molar-refractivity contribution in [3.8, 4) is 11.5 Å². The number of H-pyrrole nitrogens is 1. The first-order chi connectivity index (χ1) is 11.6. The van der Waals surface area contributed by atoms with Crippen molar-refractivity contribution in [2.45, 2.75) is 25.9 Å². The summed E-state index contributed by atoms with van der Waals surface area (Å²) in [5.41, 5.74) is 3.39. The molecule has 0 radical (unpaired) electrons. The van der Waals surface area contributed by atoms with Gasteiger partial charge in [0, 0.05) is 30.8 Å². The fourth-order valence-corrected chi connectivity index (χ4v) is 2.88. The number of nitrogens with zero attached hydrogens (tertiary/aromatic N) is 1. The van der Waals surface area contributed by atoms with E-state index in [9.17, 15) is 4.79 Å². The Balaban J connectivity index is 1.76. The van der Waals surface area contributed by atoms with Crippen molar-refractivity contribution in [2.75, 3.05) is 20.8 Å². The van der Waals surface area contributed by atoms with Crippen molar-refractivity contribution in [3.05, 3.63) is 40.7 Å². The maximum atomic E-state index is 12.6. The smallest absolute Gasteiger partial charge is 0.272 e. The molecule has 7 nitrogen and oxygen atoms in total. The first kappa shape index (κ1) is 16.3. The summed E-state index contributed by atoms with van der Waals surface area (Å²) in [4.78, 5) is 12.6. The van der Waals surface area contributed by atoms with Crippen molar-refractivity contribution < 1.29 is 14.3 Å². The van der Waals surface area contributed by atoms with Crippen molar-refractivity contribution in [3.63, 3.8) is 0 Å². The largest absolute Gasteiger partial charge is 0.493 e. The van der Waals surface area contributed by atoms with Crippen LogP contribution < -0.4 is 20.1 Å². The molecule has 0 aliphatic carbocycles. The average molecular weight is 330 g/mol. The third-order valence-corrected chi connectivity index (χ3v) is 4.28. The lowest BCUT2D eigenvalue weighted by atomic mass is 10.1. The molecule has 3 rings (SSSR count). The van der Waals surface area contributed by atoms with E-state index in [1.54, 1.807) is 14.2 Å². The number of benzene rings is 1. The number of methoxy groups -OCH3 is 2. The maximum Gasteiger partial charge on any atom is 0.272 e. The number of rotatable bonds is 5. The number of carbonyl (C=O) groups excluding carboxylic acids is 1. The summed E-state index contributed by atoms with van der Waals surface area (Å²) in [7, 11) is 3.19. The van der Waals surface area contributed by atoms with E-state index in [0.717, 1.165) is 29.8 Å². The predicted octanol–water partition coefficient (Wildman–Crippen LogP) is 1.56. The number of hydrogen-bond acceptors (Lipinski definition) is 5. The maximum absolute atomic E-state index is 12.6. The van der Waals surface area contributed by atoms with Crippen LogP contribution in [0.1, 0.15) is 40.3 Å². The molecule has 0 bridgehead atoms. The van der Waals surface area contributed by atoms with Gasteiger partial charge < -0.3 is 20.1 Å². The van der Waals surface area contributed by atoms with Crippen molar-refractivity contribution >= 4 is 5.91 Å². The number of hydrogen-bond donors (Lipinski definition) is 3. The number of carbonyl (C=O) groups is 1. The second-order valence-corrected chi connectivity index (χ2v) is 5.77. The molecule has 1 unspecified atom stereocenters. The topological polar surface area (TPSA) is 88.3 Å². The third kappa shape index (κ3) is 3.07. The summed E-state index contributed by atoms with van der Waals surface area (Å²) in [5, 5.41) is 13.4. The van der Waals surface area contributed by atoms with Crippen LogP contribution in [0.15, 0.2) is 18.2 Å². The molecule has 3 N–H and O–H groups in total. The van der Waals surface area contributed by atoms with Gasteiger partial charge in [0.05, 0.1) is 20.3 Å². The van der Waals surface area contributed by atoms with Gasteiger partial charge in [-0.2, -0.15) is 5.10 Å². The molecule has 0 saturated carbocycles. The SMILES string of the molecule is COc1ccc(C(C)NC(=O)c2n[nH]c3c2CNCC3)cc1OC. The molecule has 1 atom stereocenters. The number of nitrogens with one attached hydrogen (secondary N) is 3. The van der Waals surface area contributed by atoms with E-state index in [1.807, 2.05) is 25.1 Å². The fourth-order valence-electron chi connectivity index (χ4n) is 2.88. The lowest BCUT2D eigenvalue weighted by Gasteiger charge is -2.17. The van der Waals surface area contributed by atoms with Gasteiger partial charge in [0.2, 0.25) is 0 Å². The van der Waals surface area contributed by atoms with Gasteiger partial charge in [-0.05, 0) is 24.6 Å². The highest BCUT2D eigenvalue weighted by Crippen LogP contribution is 2.30. The fraction of sp³-hybridized carbons (Fsp3) is 0.412. The first-order valence-electron chi connectivity index (χ1n) is 7.93. The van der Waals surface area contributed by atoms with Crippen LogP contribution in [0.2, 0.25) is 0 Å². The summed E-state index contributed by atoms with van der Waals surface area (Å²) in [6.45, 7) is 3.49. The predicted molar refractivity (Wildman–Crippen MR) is 89.4 cm³/mol. The Kier molecular flexibility index (Phi) is 4.71. The summed E-state index contributed by atoms with van der Waals surface area (Å²) in [6, 6.07) is 5.43. The van der Waals surface area contributed by atoms with Crippen LogP contribution in [0.4, 0.5) is 0 Å². The van der Waals surface area contributed by atoms with E-state index >= 15 is 0 Å². The molecule has 24 heavy (non-hydrogen) atoms. The van der Waals surface area contributed by atoms with Crippen LogP contribution in [-0.2, 0) is 13.0 Å². The van der Waals surface area contributed by atoms with Gasteiger partial charge in [-0.25, -0.2) is 0 Å². The lowest BCUT2D eigenvalue weighted by Crippen LogP contribution is -2.30. The minimum Gasteiger partial charge on any atom is -0.493 e. The lowest BCUT2D eigenvalue weighted by molar-refractivity contribution is 0.0933. The Morgan fingerprint density at radius 1 is 1.29 bits per heavy atom. The average Bonchev–Trinajstić information content (AvgIpc) is 3.05. The number of amides is 1. The second-order valence-electron chi connectivity index (χ2n) is 5.77. The molecule has 1 aromatic carbocycles. The molecule has 0 spiro atoms. The van der Waals surface area contributed by atoms with E-state index in [2.05, 4.69) is 20.8 Å². The van der Waals surface area contributed by atoms with Crippen LogP contribution in [0.25, 0.3) is 0 Å². The molecule has 1 aromatic heterocycles. The van der Waals surface area contributed by atoms with E-state index in [1.165, 1.54) is 0 Å². The van der Waals surface area contributed by atoms with Gasteiger partial charge in [0.1, 0.15) is 0 Å². The Morgan fingerprint density at radius 3 is 2.83 bits per heavy atom. The Bertz CT molecular complexity index is 741. The summed E-state index contributed by atoms with van der Waals surface area (Å²) in [6.07, 6.45) is 0.862. The van der Waals surface area contributed by atoms with Crippen LogP contribution in [-0.4, -0.2) is 36.9 Å². The molecule has 2 heterocycles. The summed E-state index contributed by atoms with van der Waals surface area (Å²) < 4.78 is 10.6. The second kappa shape index (κ2) is 6.92. The van der Waals surface area contributed by atoms with Crippen molar-refractivity contribution in [1.29, 1.82) is 0 Å². The van der Waals surface area contributed by atoms with E-state index in [-0.39, 0.29) is 11.9 Å². The molecule has 0 fully saturated rings. The van der Waals surface area contributed by atoms with Crippen LogP contribution >= 0.6 is 0 Å². The Labute approximate surface area is 140 Å². The van der Waals surface area contributed by atoms with Gasteiger partial charge in [0.25, 0.3) is 5.91 Å². The highest BCUT2D eigenvalue weighted by molar-refractivity contribution is 5.94. The van der Waals surface area contributed by atoms with E-state index < -0.39 is 0 Å². The van der Waals surface area contributed by atoms with Gasteiger partial charge in [-0.1, -0.05) is 6.07 Å². The van der Waals surface area contributed by atoms with Gasteiger partial charge in [-0.3, -0.25) is 9.89 Å². The molecular weight excluding hydrogens is 308 g/mol. The quantitative estimate of drug-likeness (QED) is 0.774. The van der Waals surface area contributed by atoms with Crippen LogP contribution in [0.5, 0.6) is 11.5 Å². The molecule has 1 aliphatic heterocycles. The van der Waals surface area contributed by atoms with Gasteiger partial charge in [0.15, 0.2) is 17.2 Å². The summed E-state index contributed by atoms with van der Waals surface area (Å²) >= 11 is 0. The summed E-state index contributed by atoms with van der Waals surface area (Å²) in [5.74, 6) is 1.11. The zero-order chi connectivity index (χ0) is 17.1. The number of aromatic nitrogens is 2. The molecular formula is C17H22N4O3. The van der Waals surface area contributed by atoms with Crippen LogP contribution in [0, 0.1) is 0 Å². The Morgan fingerprint density at radius 2 is 2.08 bits per heavy atom. The van der Waals surface area contributed by atoms with Crippen molar-refractivity contribution in [1.82, 2.24) is 20.8 Å². The standard InChI is InChI=1S/C17H22N4O3/c1-10(11-4-5-14(23-2)15(8-11)24-3)19-17(22)16-12-9-18-7-6-13(12)20-21-16/h4-5,8,10,18H,6-7,9H2,1-3H3,(H,19,22)(H,20,21).